The fourth-order valence-electron chi connectivity index (χ4n) is 2.30. The van der Waals surface area contributed by atoms with Crippen LogP contribution in [0.3, 0.4) is 0 Å². The second-order valence-electron chi connectivity index (χ2n) is 5.50. The summed E-state index contributed by atoms with van der Waals surface area (Å²) in [6.07, 6.45) is 2.54. The Balaban J connectivity index is 1.65. The van der Waals surface area contributed by atoms with Gasteiger partial charge < -0.3 is 4.74 Å². The van der Waals surface area contributed by atoms with E-state index in [-0.39, 0.29) is 0 Å². The van der Waals surface area contributed by atoms with Crippen LogP contribution in [0, 0.1) is 5.92 Å². The Morgan fingerprint density at radius 3 is 2.57 bits per heavy atom. The highest BCUT2D eigenvalue weighted by molar-refractivity contribution is 7.87. The van der Waals surface area contributed by atoms with Crippen LogP contribution in [0.15, 0.2) is 30.3 Å². The van der Waals surface area contributed by atoms with Crippen molar-refractivity contribution in [2.45, 2.75) is 26.2 Å². The SMILES string of the molecule is CC1CCN(S(=O)(=O)NCCCOc2ccccc2)CC1. The predicted molar refractivity (Wildman–Crippen MR) is 83.4 cm³/mol. The zero-order valence-electron chi connectivity index (χ0n) is 12.5. The van der Waals surface area contributed by atoms with E-state index in [1.54, 1.807) is 4.31 Å². The summed E-state index contributed by atoms with van der Waals surface area (Å²) in [5.74, 6) is 1.43. The van der Waals surface area contributed by atoms with Gasteiger partial charge in [-0.2, -0.15) is 12.7 Å². The number of nitrogens with one attached hydrogen (secondary N) is 1. The molecule has 1 saturated heterocycles. The fraction of sp³-hybridized carbons (Fsp3) is 0.600. The molecule has 0 aliphatic carbocycles. The largest absolute Gasteiger partial charge is 0.494 e. The zero-order chi connectivity index (χ0) is 15.1. The van der Waals surface area contributed by atoms with Crippen LogP contribution in [-0.2, 0) is 10.2 Å². The van der Waals surface area contributed by atoms with Gasteiger partial charge in [0.05, 0.1) is 6.61 Å². The van der Waals surface area contributed by atoms with E-state index >= 15 is 0 Å². The van der Waals surface area contributed by atoms with Crippen molar-refractivity contribution in [1.82, 2.24) is 9.03 Å². The van der Waals surface area contributed by atoms with Gasteiger partial charge >= 0.3 is 0 Å². The minimum atomic E-state index is -3.32. The van der Waals surface area contributed by atoms with Gasteiger partial charge in [0.25, 0.3) is 10.2 Å². The molecule has 1 aromatic carbocycles. The van der Waals surface area contributed by atoms with Crippen LogP contribution >= 0.6 is 0 Å². The van der Waals surface area contributed by atoms with E-state index in [0.29, 0.717) is 38.6 Å². The van der Waals surface area contributed by atoms with Crippen molar-refractivity contribution in [1.29, 1.82) is 0 Å². The second-order valence-corrected chi connectivity index (χ2v) is 7.25. The third-order valence-electron chi connectivity index (χ3n) is 3.70. The summed E-state index contributed by atoms with van der Waals surface area (Å²) >= 11 is 0. The molecule has 0 spiro atoms. The molecule has 0 atom stereocenters. The fourth-order valence-corrected chi connectivity index (χ4v) is 3.57. The summed E-state index contributed by atoms with van der Waals surface area (Å²) in [5, 5.41) is 0. The van der Waals surface area contributed by atoms with Crippen molar-refractivity contribution in [2.75, 3.05) is 26.2 Å². The van der Waals surface area contributed by atoms with E-state index in [9.17, 15) is 8.42 Å². The lowest BCUT2D eigenvalue weighted by Crippen LogP contribution is -2.45. The zero-order valence-corrected chi connectivity index (χ0v) is 13.3. The first kappa shape index (κ1) is 16.3. The summed E-state index contributed by atoms with van der Waals surface area (Å²) in [7, 11) is -3.32. The molecule has 0 unspecified atom stereocenters. The Hall–Kier alpha value is -1.11. The van der Waals surface area contributed by atoms with Crippen molar-refractivity contribution in [3.8, 4) is 5.75 Å². The summed E-state index contributed by atoms with van der Waals surface area (Å²) < 4.78 is 33.9. The molecule has 1 N–H and O–H groups in total. The van der Waals surface area contributed by atoms with E-state index < -0.39 is 10.2 Å². The monoisotopic (exact) mass is 312 g/mol. The first-order valence-electron chi connectivity index (χ1n) is 7.50. The Morgan fingerprint density at radius 2 is 1.90 bits per heavy atom. The van der Waals surface area contributed by atoms with Gasteiger partial charge in [0.15, 0.2) is 0 Å². The Bertz CT molecular complexity index is 511. The molecule has 118 valence electrons. The molecule has 0 amide bonds. The molecule has 0 radical (unpaired) electrons. The van der Waals surface area contributed by atoms with Gasteiger partial charge in [-0.3, -0.25) is 0 Å². The van der Waals surface area contributed by atoms with Crippen molar-refractivity contribution in [3.63, 3.8) is 0 Å². The number of hydrogen-bond donors (Lipinski definition) is 1. The number of para-hydroxylation sites is 1. The van der Waals surface area contributed by atoms with Gasteiger partial charge in [-0.1, -0.05) is 25.1 Å². The van der Waals surface area contributed by atoms with Crippen molar-refractivity contribution >= 4 is 10.2 Å². The van der Waals surface area contributed by atoms with E-state index in [2.05, 4.69) is 11.6 Å². The van der Waals surface area contributed by atoms with Crippen LogP contribution in [0.5, 0.6) is 5.75 Å². The first-order valence-corrected chi connectivity index (χ1v) is 8.94. The minimum Gasteiger partial charge on any atom is -0.494 e. The Kier molecular flexibility index (Phi) is 6.02. The summed E-state index contributed by atoms with van der Waals surface area (Å²) in [5.41, 5.74) is 0. The average molecular weight is 312 g/mol. The van der Waals surface area contributed by atoms with Crippen LogP contribution < -0.4 is 9.46 Å². The number of rotatable bonds is 7. The second kappa shape index (κ2) is 7.77. The molecule has 1 heterocycles. The highest BCUT2D eigenvalue weighted by Crippen LogP contribution is 2.17. The molecule has 2 rings (SSSR count). The van der Waals surface area contributed by atoms with Crippen LogP contribution in [0.1, 0.15) is 26.2 Å². The molecule has 0 aromatic heterocycles. The van der Waals surface area contributed by atoms with E-state index in [4.69, 9.17) is 4.74 Å². The lowest BCUT2D eigenvalue weighted by atomic mass is 10.0. The molecule has 6 heteroatoms. The highest BCUT2D eigenvalue weighted by Gasteiger charge is 2.25. The molecule has 1 aromatic rings. The van der Waals surface area contributed by atoms with E-state index in [1.807, 2.05) is 30.3 Å². The van der Waals surface area contributed by atoms with Gasteiger partial charge in [0.2, 0.25) is 0 Å². The molecule has 0 bridgehead atoms. The average Bonchev–Trinajstić information content (AvgIpc) is 2.48. The number of ether oxygens (including phenoxy) is 1. The van der Waals surface area contributed by atoms with Gasteiger partial charge in [0, 0.05) is 19.6 Å². The van der Waals surface area contributed by atoms with Crippen molar-refractivity contribution in [2.24, 2.45) is 5.92 Å². The molecule has 1 aliphatic rings. The van der Waals surface area contributed by atoms with Gasteiger partial charge in [0.1, 0.15) is 5.75 Å². The molecule has 5 nitrogen and oxygen atoms in total. The van der Waals surface area contributed by atoms with E-state index in [1.165, 1.54) is 0 Å². The van der Waals surface area contributed by atoms with Crippen LogP contribution in [-0.4, -0.2) is 39.0 Å². The maximum absolute atomic E-state index is 12.1. The minimum absolute atomic E-state index is 0.404. The summed E-state index contributed by atoms with van der Waals surface area (Å²) in [4.78, 5) is 0. The van der Waals surface area contributed by atoms with Crippen molar-refractivity contribution < 1.29 is 13.2 Å². The van der Waals surface area contributed by atoms with E-state index in [0.717, 1.165) is 18.6 Å². The molecular formula is C15H24N2O3S. The van der Waals surface area contributed by atoms with Crippen molar-refractivity contribution in [3.05, 3.63) is 30.3 Å². The Morgan fingerprint density at radius 1 is 1.24 bits per heavy atom. The first-order chi connectivity index (χ1) is 10.1. The maximum atomic E-state index is 12.1. The maximum Gasteiger partial charge on any atom is 0.279 e. The molecule has 1 aliphatic heterocycles. The standard InChI is InChI=1S/C15H24N2O3S/c1-14-8-11-17(12-9-14)21(18,19)16-10-5-13-20-15-6-3-2-4-7-15/h2-4,6-7,14,16H,5,8-13H2,1H3. The third-order valence-corrected chi connectivity index (χ3v) is 5.31. The van der Waals surface area contributed by atoms with Gasteiger partial charge in [-0.25, -0.2) is 4.72 Å². The Labute approximate surface area is 127 Å². The summed E-state index contributed by atoms with van der Waals surface area (Å²) in [6.45, 7) is 4.32. The van der Waals surface area contributed by atoms with Gasteiger partial charge in [-0.05, 0) is 37.3 Å². The smallest absolute Gasteiger partial charge is 0.279 e. The lowest BCUT2D eigenvalue weighted by molar-refractivity contribution is 0.283. The number of benzene rings is 1. The normalized spacial score (nSPS) is 17.8. The predicted octanol–water partition coefficient (Wildman–Crippen LogP) is 2.02. The van der Waals surface area contributed by atoms with Gasteiger partial charge in [-0.15, -0.1) is 0 Å². The molecule has 1 fully saturated rings. The molecular weight excluding hydrogens is 288 g/mol. The highest BCUT2D eigenvalue weighted by atomic mass is 32.2. The third kappa shape index (κ3) is 5.30. The number of piperidine rings is 1. The van der Waals surface area contributed by atoms with Crippen LogP contribution in [0.25, 0.3) is 0 Å². The van der Waals surface area contributed by atoms with Crippen LogP contribution in [0.4, 0.5) is 0 Å². The topological polar surface area (TPSA) is 58.6 Å². The molecule has 0 saturated carbocycles. The molecule has 21 heavy (non-hydrogen) atoms. The van der Waals surface area contributed by atoms with Crippen LogP contribution in [0.2, 0.25) is 0 Å². The number of nitrogens with zero attached hydrogens (tertiary/aromatic N) is 1. The quantitative estimate of drug-likeness (QED) is 0.784. The summed E-state index contributed by atoms with van der Waals surface area (Å²) in [6, 6.07) is 9.53. The lowest BCUT2D eigenvalue weighted by Gasteiger charge is -2.29. The number of hydrogen-bond acceptors (Lipinski definition) is 3.